The maximum Gasteiger partial charge on any atom is 0.356 e. The Morgan fingerprint density at radius 2 is 1.32 bits per heavy atom. The fraction of sp³-hybridized carbons (Fsp3) is 0.143. The predicted molar refractivity (Wildman–Crippen MR) is 75.8 cm³/mol. The first-order chi connectivity index (χ1) is 10.6. The third-order valence-electron chi connectivity index (χ3n) is 2.68. The Kier molecular flexibility index (Phi) is 4.95. The number of carbonyl (C=O) groups is 2. The lowest BCUT2D eigenvalue weighted by atomic mass is 10.3. The molecule has 0 bridgehead atoms. The quantitative estimate of drug-likeness (QED) is 0.781. The lowest BCUT2D eigenvalue weighted by molar-refractivity contribution is 0.0585. The summed E-state index contributed by atoms with van der Waals surface area (Å²) in [5.74, 6) is -1.24. The van der Waals surface area contributed by atoms with Gasteiger partial charge in [-0.15, -0.1) is 0 Å². The summed E-state index contributed by atoms with van der Waals surface area (Å²) in [6.45, 7) is 0. The molecule has 0 saturated heterocycles. The van der Waals surface area contributed by atoms with Gasteiger partial charge in [0.25, 0.3) is 0 Å². The summed E-state index contributed by atoms with van der Waals surface area (Å²) in [7, 11) is 0.871. The van der Waals surface area contributed by atoms with Crippen molar-refractivity contribution in [3.8, 4) is 0 Å². The highest BCUT2D eigenvalue weighted by molar-refractivity contribution is 7.85. The Morgan fingerprint density at radius 1 is 0.909 bits per heavy atom. The average molecular weight is 320 g/mol. The molecule has 0 atom stereocenters. The van der Waals surface area contributed by atoms with Crippen LogP contribution >= 0.6 is 0 Å². The fourth-order valence-corrected chi connectivity index (χ4v) is 2.70. The van der Waals surface area contributed by atoms with Crippen LogP contribution in [0.5, 0.6) is 0 Å². The van der Waals surface area contributed by atoms with Crippen molar-refractivity contribution in [2.45, 2.75) is 9.79 Å². The van der Waals surface area contributed by atoms with E-state index < -0.39 is 22.7 Å². The zero-order valence-corrected chi connectivity index (χ0v) is 12.6. The molecule has 0 aliphatic rings. The minimum absolute atomic E-state index is 0.0515. The second kappa shape index (κ2) is 6.90. The first-order valence-electron chi connectivity index (χ1n) is 6.07. The molecule has 0 unspecified atom stereocenters. The Balaban J connectivity index is 2.36. The Bertz CT molecular complexity index is 686. The first kappa shape index (κ1) is 15.8. The number of hydrogen-bond acceptors (Lipinski definition) is 7. The van der Waals surface area contributed by atoms with Crippen molar-refractivity contribution in [2.75, 3.05) is 14.2 Å². The number of ether oxygens (including phenoxy) is 2. The summed E-state index contributed by atoms with van der Waals surface area (Å²) in [5.41, 5.74) is 0.103. The van der Waals surface area contributed by atoms with Gasteiger partial charge in [-0.1, -0.05) is 0 Å². The Morgan fingerprint density at radius 3 is 1.68 bits per heavy atom. The fourth-order valence-electron chi connectivity index (χ4n) is 1.62. The van der Waals surface area contributed by atoms with Gasteiger partial charge in [0, 0.05) is 22.2 Å². The van der Waals surface area contributed by atoms with Gasteiger partial charge in [-0.2, -0.15) is 0 Å². The van der Waals surface area contributed by atoms with Gasteiger partial charge >= 0.3 is 11.9 Å². The molecule has 114 valence electrons. The van der Waals surface area contributed by atoms with Crippen LogP contribution in [0.4, 0.5) is 0 Å². The lowest BCUT2D eigenvalue weighted by Gasteiger charge is -2.05. The largest absolute Gasteiger partial charge is 0.464 e. The van der Waals surface area contributed by atoms with Crippen molar-refractivity contribution in [3.63, 3.8) is 0 Å². The van der Waals surface area contributed by atoms with Gasteiger partial charge in [0.1, 0.15) is 11.4 Å². The van der Waals surface area contributed by atoms with Crippen LogP contribution < -0.4 is 0 Å². The second-order valence-electron chi connectivity index (χ2n) is 4.01. The number of hydrogen-bond donors (Lipinski definition) is 0. The molecule has 22 heavy (non-hydrogen) atoms. The molecule has 0 aliphatic carbocycles. The third-order valence-corrected chi connectivity index (χ3v) is 4.04. The minimum Gasteiger partial charge on any atom is -0.464 e. The summed E-state index contributed by atoms with van der Waals surface area (Å²) in [4.78, 5) is 31.3. The van der Waals surface area contributed by atoms with E-state index >= 15 is 0 Å². The van der Waals surface area contributed by atoms with Crippen molar-refractivity contribution < 1.29 is 23.3 Å². The molecule has 2 rings (SSSR count). The molecule has 2 heterocycles. The monoisotopic (exact) mass is 320 g/mol. The molecule has 0 amide bonds. The first-order valence-corrected chi connectivity index (χ1v) is 7.22. The number of pyridine rings is 2. The molecule has 0 N–H and O–H groups in total. The van der Waals surface area contributed by atoms with Gasteiger partial charge in [-0.3, -0.25) is 0 Å². The van der Waals surface area contributed by atoms with Crippen LogP contribution in [0.15, 0.2) is 46.5 Å². The Labute approximate surface area is 128 Å². The van der Waals surface area contributed by atoms with Gasteiger partial charge in [0.2, 0.25) is 0 Å². The van der Waals surface area contributed by atoms with Crippen LogP contribution in [0.3, 0.4) is 0 Å². The van der Waals surface area contributed by atoms with Gasteiger partial charge in [-0.25, -0.2) is 23.8 Å². The predicted octanol–water partition coefficient (Wildman–Crippen LogP) is 1.22. The molecule has 0 spiro atoms. The van der Waals surface area contributed by atoms with E-state index in [1.807, 2.05) is 0 Å². The smallest absolute Gasteiger partial charge is 0.356 e. The van der Waals surface area contributed by atoms with Gasteiger partial charge in [0.15, 0.2) is 0 Å². The van der Waals surface area contributed by atoms with Crippen LogP contribution in [0.1, 0.15) is 21.0 Å². The van der Waals surface area contributed by atoms with Gasteiger partial charge in [-0.05, 0) is 24.3 Å². The summed E-state index contributed by atoms with van der Waals surface area (Å²) < 4.78 is 21.7. The zero-order chi connectivity index (χ0) is 16.1. The SMILES string of the molecule is COC(=O)c1cc(S(=O)c2ccnc(C(=O)OC)c2)ccn1. The average Bonchev–Trinajstić information content (AvgIpc) is 2.59. The van der Waals surface area contributed by atoms with Gasteiger partial charge in [0.05, 0.1) is 25.0 Å². The molecular formula is C14H12N2O5S. The number of nitrogens with zero attached hydrogens (tertiary/aromatic N) is 2. The number of carbonyl (C=O) groups excluding carboxylic acids is 2. The van der Waals surface area contributed by atoms with Crippen molar-refractivity contribution in [1.82, 2.24) is 9.97 Å². The van der Waals surface area contributed by atoms with E-state index in [-0.39, 0.29) is 11.4 Å². The molecule has 7 nitrogen and oxygen atoms in total. The van der Waals surface area contributed by atoms with E-state index in [0.29, 0.717) is 9.79 Å². The van der Waals surface area contributed by atoms with E-state index in [9.17, 15) is 13.8 Å². The van der Waals surface area contributed by atoms with Crippen LogP contribution in [-0.4, -0.2) is 40.3 Å². The summed E-state index contributed by atoms with van der Waals surface area (Å²) in [5, 5.41) is 0. The lowest BCUT2D eigenvalue weighted by Crippen LogP contribution is -2.07. The minimum atomic E-state index is -1.60. The van der Waals surface area contributed by atoms with Crippen molar-refractivity contribution >= 4 is 22.7 Å². The summed E-state index contributed by atoms with van der Waals surface area (Å²) in [6, 6.07) is 5.78. The van der Waals surface area contributed by atoms with E-state index in [1.165, 1.54) is 50.9 Å². The molecule has 2 aromatic rings. The Hall–Kier alpha value is -2.61. The van der Waals surface area contributed by atoms with Crippen LogP contribution in [0, 0.1) is 0 Å². The van der Waals surface area contributed by atoms with E-state index in [1.54, 1.807) is 0 Å². The molecule has 0 aliphatic heterocycles. The number of rotatable bonds is 4. The molecule has 0 aromatic carbocycles. The maximum absolute atomic E-state index is 12.5. The normalized spacial score (nSPS) is 10.3. The van der Waals surface area contributed by atoms with Crippen molar-refractivity contribution in [2.24, 2.45) is 0 Å². The topological polar surface area (TPSA) is 95.5 Å². The maximum atomic E-state index is 12.5. The van der Waals surface area contributed by atoms with Crippen LogP contribution in [0.25, 0.3) is 0 Å². The highest BCUT2D eigenvalue weighted by Crippen LogP contribution is 2.17. The van der Waals surface area contributed by atoms with Crippen LogP contribution in [-0.2, 0) is 20.3 Å². The highest BCUT2D eigenvalue weighted by atomic mass is 32.2. The van der Waals surface area contributed by atoms with Crippen molar-refractivity contribution in [1.29, 1.82) is 0 Å². The number of methoxy groups -OCH3 is 2. The number of aromatic nitrogens is 2. The standard InChI is InChI=1S/C14H12N2O5S/c1-20-13(17)11-7-9(3-5-15-11)22(19)10-4-6-16-12(8-10)14(18)21-2/h3-8H,1-2H3. The van der Waals surface area contributed by atoms with E-state index in [0.717, 1.165) is 0 Å². The van der Waals surface area contributed by atoms with Crippen LogP contribution in [0.2, 0.25) is 0 Å². The molecular weight excluding hydrogens is 308 g/mol. The zero-order valence-electron chi connectivity index (χ0n) is 11.8. The molecule has 2 aromatic heterocycles. The van der Waals surface area contributed by atoms with E-state index in [2.05, 4.69) is 19.4 Å². The summed E-state index contributed by atoms with van der Waals surface area (Å²) in [6.07, 6.45) is 2.73. The van der Waals surface area contributed by atoms with Crippen molar-refractivity contribution in [3.05, 3.63) is 48.0 Å². The molecule has 0 saturated carbocycles. The highest BCUT2D eigenvalue weighted by Gasteiger charge is 2.15. The molecule has 0 fully saturated rings. The molecule has 0 radical (unpaired) electrons. The van der Waals surface area contributed by atoms with E-state index in [4.69, 9.17) is 0 Å². The third kappa shape index (κ3) is 3.34. The molecule has 8 heteroatoms. The summed E-state index contributed by atoms with van der Waals surface area (Å²) >= 11 is 0. The number of esters is 2. The van der Waals surface area contributed by atoms with Gasteiger partial charge < -0.3 is 9.47 Å². The second-order valence-corrected chi connectivity index (χ2v) is 5.49.